The second kappa shape index (κ2) is 7.55. The van der Waals surface area contributed by atoms with Crippen molar-refractivity contribution >= 4 is 28.0 Å². The van der Waals surface area contributed by atoms with Gasteiger partial charge in [0.2, 0.25) is 0 Å². The van der Waals surface area contributed by atoms with E-state index in [1.165, 1.54) is 32.1 Å². The van der Waals surface area contributed by atoms with Crippen LogP contribution in [0.15, 0.2) is 16.7 Å². The van der Waals surface area contributed by atoms with Crippen molar-refractivity contribution in [3.63, 3.8) is 0 Å². The SMILES string of the molecule is O=Cc1cc(Br)cnc1N1CCC(NC2CCCCC2)CC1. The second-order valence-corrected chi connectivity index (χ2v) is 7.36. The zero-order valence-corrected chi connectivity index (χ0v) is 14.5. The van der Waals surface area contributed by atoms with E-state index in [4.69, 9.17) is 0 Å². The monoisotopic (exact) mass is 365 g/mol. The Morgan fingerprint density at radius 2 is 1.82 bits per heavy atom. The minimum absolute atomic E-state index is 0.620. The molecule has 0 amide bonds. The van der Waals surface area contributed by atoms with E-state index in [-0.39, 0.29) is 0 Å². The van der Waals surface area contributed by atoms with E-state index in [9.17, 15) is 4.79 Å². The summed E-state index contributed by atoms with van der Waals surface area (Å²) in [4.78, 5) is 17.9. The van der Waals surface area contributed by atoms with E-state index >= 15 is 0 Å². The molecule has 0 bridgehead atoms. The van der Waals surface area contributed by atoms with Gasteiger partial charge in [0.05, 0.1) is 5.56 Å². The normalized spacial score (nSPS) is 21.0. The lowest BCUT2D eigenvalue weighted by molar-refractivity contribution is 0.112. The Kier molecular flexibility index (Phi) is 5.47. The predicted molar refractivity (Wildman–Crippen MR) is 92.6 cm³/mol. The summed E-state index contributed by atoms with van der Waals surface area (Å²) < 4.78 is 0.854. The van der Waals surface area contributed by atoms with Crippen LogP contribution in [-0.4, -0.2) is 36.4 Å². The maximum Gasteiger partial charge on any atom is 0.153 e. The fourth-order valence-corrected chi connectivity index (χ4v) is 4.01. The highest BCUT2D eigenvalue weighted by atomic mass is 79.9. The van der Waals surface area contributed by atoms with Gasteiger partial charge in [0.1, 0.15) is 5.82 Å². The van der Waals surface area contributed by atoms with Gasteiger partial charge >= 0.3 is 0 Å². The predicted octanol–water partition coefficient (Wildman–Crippen LogP) is 3.55. The lowest BCUT2D eigenvalue weighted by Gasteiger charge is -2.36. The molecule has 0 aromatic carbocycles. The van der Waals surface area contributed by atoms with Crippen molar-refractivity contribution in [2.75, 3.05) is 18.0 Å². The number of carbonyl (C=O) groups is 1. The van der Waals surface area contributed by atoms with Gasteiger partial charge < -0.3 is 10.2 Å². The summed E-state index contributed by atoms with van der Waals surface area (Å²) in [6.45, 7) is 1.94. The van der Waals surface area contributed by atoms with Gasteiger partial charge in [-0.15, -0.1) is 0 Å². The van der Waals surface area contributed by atoms with E-state index in [1.54, 1.807) is 6.20 Å². The van der Waals surface area contributed by atoms with Crippen LogP contribution in [0.4, 0.5) is 5.82 Å². The third kappa shape index (κ3) is 3.87. The lowest BCUT2D eigenvalue weighted by atomic mass is 9.93. The molecule has 1 saturated heterocycles. The van der Waals surface area contributed by atoms with Crippen molar-refractivity contribution in [1.29, 1.82) is 0 Å². The molecule has 2 heterocycles. The third-order valence-corrected chi connectivity index (χ3v) is 5.29. The third-order valence-electron chi connectivity index (χ3n) is 4.86. The molecule has 120 valence electrons. The maximum absolute atomic E-state index is 11.2. The first-order valence-electron chi connectivity index (χ1n) is 8.38. The first-order valence-corrected chi connectivity index (χ1v) is 9.17. The molecule has 1 saturated carbocycles. The zero-order valence-electron chi connectivity index (χ0n) is 12.9. The van der Waals surface area contributed by atoms with Crippen LogP contribution in [-0.2, 0) is 0 Å². The Labute approximate surface area is 140 Å². The minimum Gasteiger partial charge on any atom is -0.356 e. The molecule has 1 aromatic heterocycles. The van der Waals surface area contributed by atoms with E-state index in [0.717, 1.165) is 48.5 Å². The number of carbonyl (C=O) groups excluding carboxylic acids is 1. The maximum atomic E-state index is 11.2. The fourth-order valence-electron chi connectivity index (χ4n) is 3.66. The molecule has 4 nitrogen and oxygen atoms in total. The number of rotatable bonds is 4. The molecule has 2 fully saturated rings. The van der Waals surface area contributed by atoms with Crippen LogP contribution in [0.1, 0.15) is 55.3 Å². The number of pyridine rings is 1. The van der Waals surface area contributed by atoms with E-state index in [1.807, 2.05) is 6.07 Å². The summed E-state index contributed by atoms with van der Waals surface area (Å²) in [5.74, 6) is 0.828. The van der Waals surface area contributed by atoms with Crippen LogP contribution in [0.25, 0.3) is 0 Å². The van der Waals surface area contributed by atoms with Crippen LogP contribution in [0.3, 0.4) is 0 Å². The summed E-state index contributed by atoms with van der Waals surface area (Å²) in [7, 11) is 0. The summed E-state index contributed by atoms with van der Waals surface area (Å²) in [6.07, 6.45) is 11.8. The zero-order chi connectivity index (χ0) is 15.4. The average Bonchev–Trinajstić information content (AvgIpc) is 2.56. The molecular formula is C17H24BrN3O. The number of halogens is 1. The molecular weight excluding hydrogens is 342 g/mol. The topological polar surface area (TPSA) is 45.2 Å². The average molecular weight is 366 g/mol. The molecule has 0 spiro atoms. The molecule has 0 atom stereocenters. The minimum atomic E-state index is 0.620. The van der Waals surface area contributed by atoms with Gasteiger partial charge in [-0.3, -0.25) is 4.79 Å². The number of anilines is 1. The Morgan fingerprint density at radius 3 is 2.50 bits per heavy atom. The summed E-state index contributed by atoms with van der Waals surface area (Å²) in [5.41, 5.74) is 0.674. The number of hydrogen-bond acceptors (Lipinski definition) is 4. The van der Waals surface area contributed by atoms with Crippen LogP contribution >= 0.6 is 15.9 Å². The second-order valence-electron chi connectivity index (χ2n) is 6.45. The van der Waals surface area contributed by atoms with Gasteiger partial charge in [-0.25, -0.2) is 4.98 Å². The van der Waals surface area contributed by atoms with Gasteiger partial charge in [0.25, 0.3) is 0 Å². The van der Waals surface area contributed by atoms with Crippen molar-refractivity contribution in [3.8, 4) is 0 Å². The molecule has 2 aliphatic rings. The number of hydrogen-bond donors (Lipinski definition) is 1. The van der Waals surface area contributed by atoms with Crippen molar-refractivity contribution < 1.29 is 4.79 Å². The molecule has 0 radical (unpaired) electrons. The van der Waals surface area contributed by atoms with Gasteiger partial charge in [0.15, 0.2) is 6.29 Å². The van der Waals surface area contributed by atoms with E-state index < -0.39 is 0 Å². The van der Waals surface area contributed by atoms with Crippen LogP contribution in [0.5, 0.6) is 0 Å². The van der Waals surface area contributed by atoms with E-state index in [0.29, 0.717) is 11.6 Å². The van der Waals surface area contributed by atoms with Crippen LogP contribution in [0.2, 0.25) is 0 Å². The molecule has 1 aromatic rings. The quantitative estimate of drug-likeness (QED) is 0.828. The highest BCUT2D eigenvalue weighted by Crippen LogP contribution is 2.25. The van der Waals surface area contributed by atoms with Crippen LogP contribution < -0.4 is 10.2 Å². The molecule has 1 N–H and O–H groups in total. The Morgan fingerprint density at radius 1 is 1.14 bits per heavy atom. The Bertz CT molecular complexity index is 509. The van der Waals surface area contributed by atoms with Crippen molar-refractivity contribution in [3.05, 3.63) is 22.3 Å². The van der Waals surface area contributed by atoms with Crippen molar-refractivity contribution in [1.82, 2.24) is 10.3 Å². The Balaban J connectivity index is 1.56. The lowest BCUT2D eigenvalue weighted by Crippen LogP contribution is -2.47. The smallest absolute Gasteiger partial charge is 0.153 e. The fraction of sp³-hybridized carbons (Fsp3) is 0.647. The van der Waals surface area contributed by atoms with Gasteiger partial charge in [-0.2, -0.15) is 0 Å². The summed E-state index contributed by atoms with van der Waals surface area (Å²) in [5, 5.41) is 3.84. The number of piperidine rings is 1. The highest BCUT2D eigenvalue weighted by Gasteiger charge is 2.24. The van der Waals surface area contributed by atoms with Crippen LogP contribution in [0, 0.1) is 0 Å². The number of nitrogens with zero attached hydrogens (tertiary/aromatic N) is 2. The number of nitrogens with one attached hydrogen (secondary N) is 1. The first-order chi connectivity index (χ1) is 10.8. The van der Waals surface area contributed by atoms with Gasteiger partial charge in [-0.05, 0) is 47.7 Å². The molecule has 1 aliphatic carbocycles. The van der Waals surface area contributed by atoms with E-state index in [2.05, 4.69) is 31.1 Å². The first kappa shape index (κ1) is 15.9. The molecule has 1 aliphatic heterocycles. The number of aromatic nitrogens is 1. The molecule has 3 rings (SSSR count). The molecule has 5 heteroatoms. The van der Waals surface area contributed by atoms with Gasteiger partial charge in [-0.1, -0.05) is 19.3 Å². The molecule has 22 heavy (non-hydrogen) atoms. The summed E-state index contributed by atoms with van der Waals surface area (Å²) in [6, 6.07) is 3.19. The largest absolute Gasteiger partial charge is 0.356 e. The Hall–Kier alpha value is -0.940. The number of aldehydes is 1. The van der Waals surface area contributed by atoms with Crippen molar-refractivity contribution in [2.45, 2.75) is 57.0 Å². The van der Waals surface area contributed by atoms with Crippen molar-refractivity contribution in [2.24, 2.45) is 0 Å². The molecule has 0 unspecified atom stereocenters. The highest BCUT2D eigenvalue weighted by molar-refractivity contribution is 9.10. The van der Waals surface area contributed by atoms with Gasteiger partial charge in [0, 0.05) is 35.8 Å². The standard InChI is InChI=1S/C17H24BrN3O/c18-14-10-13(12-22)17(19-11-14)21-8-6-16(7-9-21)20-15-4-2-1-3-5-15/h10-12,15-16,20H,1-9H2. The summed E-state index contributed by atoms with van der Waals surface area (Å²) >= 11 is 3.38.